The van der Waals surface area contributed by atoms with Crippen LogP contribution in [0.4, 0.5) is 4.39 Å². The average Bonchev–Trinajstić information content (AvgIpc) is 3.15. The van der Waals surface area contributed by atoms with Gasteiger partial charge in [-0.3, -0.25) is 0 Å². The lowest BCUT2D eigenvalue weighted by molar-refractivity contribution is 0.0692. The number of carboxylic acids is 1. The lowest BCUT2D eigenvalue weighted by Crippen LogP contribution is -2.02. The van der Waals surface area contributed by atoms with E-state index in [9.17, 15) is 9.18 Å². The summed E-state index contributed by atoms with van der Waals surface area (Å²) in [5.74, 6) is -0.595. The van der Waals surface area contributed by atoms with E-state index in [0.717, 1.165) is 25.0 Å². The Labute approximate surface area is 113 Å². The fraction of sp³-hybridized carbons (Fsp3) is 0.308. The number of nitrogens with zero attached hydrogens (tertiary/aromatic N) is 2. The van der Waals surface area contributed by atoms with Crippen LogP contribution in [0.25, 0.3) is 0 Å². The quantitative estimate of drug-likeness (QED) is 0.903. The molecule has 3 rings (SSSR count). The van der Waals surface area contributed by atoms with Gasteiger partial charge in [0.1, 0.15) is 11.6 Å². The highest BCUT2D eigenvalue weighted by Gasteiger charge is 2.29. The van der Waals surface area contributed by atoms with E-state index in [1.54, 1.807) is 0 Å². The topological polar surface area (TPSA) is 85.5 Å². The number of aromatic nitrogens is 2. The summed E-state index contributed by atoms with van der Waals surface area (Å²) in [6, 6.07) is 3.55. The zero-order valence-electron chi connectivity index (χ0n) is 10.4. The molecule has 0 aliphatic heterocycles. The summed E-state index contributed by atoms with van der Waals surface area (Å²) < 4.78 is 23.8. The minimum absolute atomic E-state index is 0.0437. The molecule has 1 fully saturated rings. The number of carboxylic acid groups (broad SMARTS) is 1. The van der Waals surface area contributed by atoms with Gasteiger partial charge in [-0.1, -0.05) is 5.16 Å². The molecule has 0 radical (unpaired) electrons. The third-order valence-corrected chi connectivity index (χ3v) is 2.95. The van der Waals surface area contributed by atoms with Crippen molar-refractivity contribution in [3.8, 4) is 5.75 Å². The minimum atomic E-state index is -1.32. The second kappa shape index (κ2) is 4.92. The van der Waals surface area contributed by atoms with Gasteiger partial charge in [0.05, 0.1) is 5.56 Å². The number of hydrogen-bond donors (Lipinski definition) is 1. The van der Waals surface area contributed by atoms with Crippen LogP contribution in [0.1, 0.15) is 40.8 Å². The maximum Gasteiger partial charge on any atom is 0.338 e. The molecule has 20 heavy (non-hydrogen) atoms. The van der Waals surface area contributed by atoms with Gasteiger partial charge in [-0.25, -0.2) is 9.18 Å². The molecular weight excluding hydrogens is 267 g/mol. The predicted octanol–water partition coefficient (Wildman–Crippen LogP) is 2.36. The molecule has 1 aromatic heterocycles. The number of aromatic carboxylic acids is 1. The van der Waals surface area contributed by atoms with Crippen molar-refractivity contribution >= 4 is 5.97 Å². The Morgan fingerprint density at radius 2 is 2.30 bits per heavy atom. The zero-order valence-corrected chi connectivity index (χ0v) is 10.4. The van der Waals surface area contributed by atoms with E-state index < -0.39 is 17.3 Å². The molecule has 2 aromatic rings. The zero-order chi connectivity index (χ0) is 14.1. The van der Waals surface area contributed by atoms with Crippen LogP contribution < -0.4 is 4.74 Å². The van der Waals surface area contributed by atoms with E-state index >= 15 is 0 Å². The van der Waals surface area contributed by atoms with Crippen LogP contribution in [-0.2, 0) is 6.61 Å². The monoisotopic (exact) mass is 278 g/mol. The van der Waals surface area contributed by atoms with Gasteiger partial charge >= 0.3 is 5.97 Å². The van der Waals surface area contributed by atoms with Crippen LogP contribution in [-0.4, -0.2) is 21.2 Å². The largest absolute Gasteiger partial charge is 0.485 e. The summed E-state index contributed by atoms with van der Waals surface area (Å²) in [7, 11) is 0. The Hall–Kier alpha value is -2.44. The van der Waals surface area contributed by atoms with Crippen LogP contribution in [0.3, 0.4) is 0 Å². The summed E-state index contributed by atoms with van der Waals surface area (Å²) in [5, 5.41) is 12.5. The van der Waals surface area contributed by atoms with Crippen molar-refractivity contribution < 1.29 is 23.6 Å². The highest BCUT2D eigenvalue weighted by molar-refractivity contribution is 5.88. The van der Waals surface area contributed by atoms with Gasteiger partial charge in [0, 0.05) is 12.0 Å². The summed E-state index contributed by atoms with van der Waals surface area (Å²) in [6.07, 6.45) is 2.12. The van der Waals surface area contributed by atoms with E-state index in [1.807, 2.05) is 0 Å². The predicted molar refractivity (Wildman–Crippen MR) is 64.0 cm³/mol. The van der Waals surface area contributed by atoms with Crippen LogP contribution >= 0.6 is 0 Å². The molecule has 104 valence electrons. The number of halogens is 1. The van der Waals surface area contributed by atoms with E-state index in [1.165, 1.54) is 6.07 Å². The molecule has 1 aliphatic carbocycles. The highest BCUT2D eigenvalue weighted by Crippen LogP contribution is 2.38. The molecule has 0 spiro atoms. The standard InChI is InChI=1S/C13H11FN2O4/c14-10-5-8(3-4-9(10)13(17)18)19-6-11-15-12(20-16-11)7-1-2-7/h3-5,7H,1-2,6H2,(H,17,18). The smallest absolute Gasteiger partial charge is 0.338 e. The molecule has 7 heteroatoms. The first-order chi connectivity index (χ1) is 9.63. The maximum absolute atomic E-state index is 13.4. The Morgan fingerprint density at radius 3 is 2.95 bits per heavy atom. The molecule has 1 aliphatic rings. The summed E-state index contributed by atoms with van der Waals surface area (Å²) in [5.41, 5.74) is -0.395. The first-order valence-corrected chi connectivity index (χ1v) is 6.11. The third kappa shape index (κ3) is 2.61. The van der Waals surface area contributed by atoms with Gasteiger partial charge in [0.15, 0.2) is 6.61 Å². The summed E-state index contributed by atoms with van der Waals surface area (Å²) >= 11 is 0. The lowest BCUT2D eigenvalue weighted by Gasteiger charge is -2.04. The SMILES string of the molecule is O=C(O)c1ccc(OCc2noc(C3CC3)n2)cc1F. The Balaban J connectivity index is 1.65. The van der Waals surface area contributed by atoms with Crippen molar-refractivity contribution in [2.45, 2.75) is 25.4 Å². The Bertz CT molecular complexity index is 652. The molecule has 0 atom stereocenters. The van der Waals surface area contributed by atoms with Crippen molar-refractivity contribution in [3.05, 3.63) is 41.3 Å². The van der Waals surface area contributed by atoms with Gasteiger partial charge in [-0.05, 0) is 25.0 Å². The lowest BCUT2D eigenvalue weighted by atomic mass is 10.2. The first kappa shape index (κ1) is 12.6. The van der Waals surface area contributed by atoms with Crippen LogP contribution in [0.5, 0.6) is 5.75 Å². The molecule has 1 N–H and O–H groups in total. The van der Waals surface area contributed by atoms with Gasteiger partial charge in [-0.15, -0.1) is 0 Å². The Kier molecular flexibility index (Phi) is 3.09. The maximum atomic E-state index is 13.4. The molecule has 1 aromatic carbocycles. The molecule has 0 saturated heterocycles. The van der Waals surface area contributed by atoms with Crippen molar-refractivity contribution in [2.75, 3.05) is 0 Å². The summed E-state index contributed by atoms with van der Waals surface area (Å²) in [4.78, 5) is 14.8. The first-order valence-electron chi connectivity index (χ1n) is 6.11. The average molecular weight is 278 g/mol. The number of carbonyl (C=O) groups is 1. The van der Waals surface area contributed by atoms with Crippen molar-refractivity contribution in [2.24, 2.45) is 0 Å². The second-order valence-electron chi connectivity index (χ2n) is 4.56. The molecule has 0 unspecified atom stereocenters. The molecule has 1 heterocycles. The van der Waals surface area contributed by atoms with Crippen LogP contribution in [0, 0.1) is 5.82 Å². The number of rotatable bonds is 5. The van der Waals surface area contributed by atoms with Gasteiger partial charge in [0.2, 0.25) is 11.7 Å². The van der Waals surface area contributed by atoms with Gasteiger partial charge in [0.25, 0.3) is 0 Å². The van der Waals surface area contributed by atoms with Crippen molar-refractivity contribution in [1.82, 2.24) is 10.1 Å². The molecule has 0 bridgehead atoms. The Morgan fingerprint density at radius 1 is 1.50 bits per heavy atom. The van der Waals surface area contributed by atoms with E-state index in [0.29, 0.717) is 17.6 Å². The molecule has 1 saturated carbocycles. The van der Waals surface area contributed by atoms with E-state index in [4.69, 9.17) is 14.4 Å². The van der Waals surface area contributed by atoms with Crippen molar-refractivity contribution in [3.63, 3.8) is 0 Å². The normalized spacial score (nSPS) is 14.2. The fourth-order valence-corrected chi connectivity index (χ4v) is 1.73. The van der Waals surface area contributed by atoms with Crippen LogP contribution in [0.15, 0.2) is 22.7 Å². The molecule has 0 amide bonds. The summed E-state index contributed by atoms with van der Waals surface area (Å²) in [6.45, 7) is 0.0437. The number of hydrogen-bond acceptors (Lipinski definition) is 5. The van der Waals surface area contributed by atoms with Crippen molar-refractivity contribution in [1.29, 1.82) is 0 Å². The second-order valence-corrected chi connectivity index (χ2v) is 4.56. The third-order valence-electron chi connectivity index (χ3n) is 2.95. The molecule has 6 nitrogen and oxygen atoms in total. The van der Waals surface area contributed by atoms with E-state index in [-0.39, 0.29) is 12.4 Å². The number of ether oxygens (including phenoxy) is 1. The van der Waals surface area contributed by atoms with E-state index in [2.05, 4.69) is 10.1 Å². The molecular formula is C13H11FN2O4. The van der Waals surface area contributed by atoms with Gasteiger partial charge < -0.3 is 14.4 Å². The highest BCUT2D eigenvalue weighted by atomic mass is 19.1. The minimum Gasteiger partial charge on any atom is -0.485 e. The van der Waals surface area contributed by atoms with Gasteiger partial charge in [-0.2, -0.15) is 4.98 Å². The number of benzene rings is 1. The fourth-order valence-electron chi connectivity index (χ4n) is 1.73. The van der Waals surface area contributed by atoms with Crippen LogP contribution in [0.2, 0.25) is 0 Å².